The number of carbonyl (C=O) groups is 3. The lowest BCUT2D eigenvalue weighted by Gasteiger charge is -2.30. The number of phosphoric acid groups is 3. The number of anilines is 1. The predicted molar refractivity (Wildman–Crippen MR) is 228 cm³/mol. The smallest absolute Gasteiger partial charge is 0.386 e. The van der Waals surface area contributed by atoms with Crippen molar-refractivity contribution in [2.45, 2.75) is 122 Å². The molecule has 2 aromatic rings. The van der Waals surface area contributed by atoms with E-state index in [1.807, 2.05) is 0 Å². The Hall–Kier alpha value is -2.70. The first-order chi connectivity index (χ1) is 29.6. The van der Waals surface area contributed by atoms with Gasteiger partial charge in [-0.1, -0.05) is 76.8 Å². The Morgan fingerprint density at radius 2 is 1.62 bits per heavy atom. The molecule has 1 saturated heterocycles. The van der Waals surface area contributed by atoms with Gasteiger partial charge in [-0.3, -0.25) is 32.5 Å². The number of imidazole rings is 1. The number of rotatable bonds is 30. The van der Waals surface area contributed by atoms with E-state index in [2.05, 4.69) is 53.5 Å². The van der Waals surface area contributed by atoms with Crippen LogP contribution in [0, 0.1) is 5.41 Å². The lowest BCUT2D eigenvalue weighted by Crippen LogP contribution is -2.46. The normalized spacial score (nSPS) is 20.7. The van der Waals surface area contributed by atoms with E-state index in [-0.39, 0.29) is 41.6 Å². The number of allylic oxidation sites excluding steroid dienone is 2. The number of carbonyl (C=O) groups excluding carboxylic acids is 3. The third kappa shape index (κ3) is 19.4. The summed E-state index contributed by atoms with van der Waals surface area (Å²) >= 11 is 1.15. The molecule has 10 N–H and O–H groups in total. The molecular formula is C35H60N7O17P3S. The molecule has 3 rings (SSSR count). The predicted octanol–water partition coefficient (Wildman–Crippen LogP) is 3.14. The molecule has 63 heavy (non-hydrogen) atoms. The van der Waals surface area contributed by atoms with Crippen LogP contribution in [-0.2, 0) is 50.7 Å². The number of nitrogens with zero attached hydrogens (tertiary/aromatic N) is 4. The fourth-order valence-corrected chi connectivity index (χ4v) is 9.62. The Kier molecular flexibility index (Phi) is 22.4. The number of hydrogen-bond donors (Lipinski definition) is 9. The van der Waals surface area contributed by atoms with Crippen LogP contribution in [0.25, 0.3) is 11.2 Å². The molecule has 358 valence electrons. The van der Waals surface area contributed by atoms with Crippen LogP contribution in [-0.4, -0.2) is 123 Å². The second-order valence-corrected chi connectivity index (χ2v) is 20.6. The second-order valence-electron chi connectivity index (χ2n) is 15.2. The lowest BCUT2D eigenvalue weighted by atomic mass is 9.87. The van der Waals surface area contributed by atoms with Gasteiger partial charge in [0.25, 0.3) is 0 Å². The molecule has 0 bridgehead atoms. The minimum atomic E-state index is -5.57. The van der Waals surface area contributed by atoms with Gasteiger partial charge in [0.2, 0.25) is 11.8 Å². The number of unbranched alkanes of at least 4 members (excludes halogenated alkanes) is 7. The van der Waals surface area contributed by atoms with E-state index in [9.17, 15) is 57.9 Å². The SMILES string of the molecule is CCC=CCCCCCCCCCC(=O)SCCNC(=O)CCNC(=O)C(O)C(C)(C)COP(=O)(O)OP(=O)(O)OCC1OC(n2cnc3c(N)ncnc32)C(O)C1OP(=O)(O)O. The zero-order chi connectivity index (χ0) is 46.8. The molecule has 0 radical (unpaired) electrons. The summed E-state index contributed by atoms with van der Waals surface area (Å²) in [4.78, 5) is 88.1. The first kappa shape index (κ1) is 54.6. The van der Waals surface area contributed by atoms with Gasteiger partial charge in [0, 0.05) is 37.1 Å². The van der Waals surface area contributed by atoms with Crippen LogP contribution in [0.4, 0.5) is 5.82 Å². The number of nitrogen functional groups attached to an aromatic ring is 1. The molecule has 1 aliphatic rings. The van der Waals surface area contributed by atoms with E-state index >= 15 is 0 Å². The van der Waals surface area contributed by atoms with Crippen molar-refractivity contribution in [3.63, 3.8) is 0 Å². The average Bonchev–Trinajstić information content (AvgIpc) is 3.76. The Morgan fingerprint density at radius 3 is 2.30 bits per heavy atom. The molecule has 2 amide bonds. The number of aliphatic hydroxyl groups is 2. The largest absolute Gasteiger partial charge is 0.481 e. The van der Waals surface area contributed by atoms with Gasteiger partial charge in [-0.2, -0.15) is 4.31 Å². The highest BCUT2D eigenvalue weighted by molar-refractivity contribution is 8.13. The number of nitrogens with two attached hydrogens (primary N) is 1. The number of amides is 2. The molecule has 7 unspecified atom stereocenters. The summed E-state index contributed by atoms with van der Waals surface area (Å²) in [5.74, 6) is -1.03. The first-order valence-corrected chi connectivity index (χ1v) is 25.8. The first-order valence-electron chi connectivity index (χ1n) is 20.3. The summed E-state index contributed by atoms with van der Waals surface area (Å²) in [5, 5.41) is 26.6. The van der Waals surface area contributed by atoms with Crippen LogP contribution in [0.15, 0.2) is 24.8 Å². The van der Waals surface area contributed by atoms with Crippen LogP contribution in [0.3, 0.4) is 0 Å². The van der Waals surface area contributed by atoms with E-state index < -0.39 is 84.6 Å². The minimum absolute atomic E-state index is 0.0327. The van der Waals surface area contributed by atoms with Gasteiger partial charge in [-0.25, -0.2) is 28.6 Å². The van der Waals surface area contributed by atoms with E-state index in [1.54, 1.807) is 0 Å². The van der Waals surface area contributed by atoms with E-state index in [4.69, 9.17) is 19.5 Å². The van der Waals surface area contributed by atoms with Crippen LogP contribution >= 0.6 is 35.2 Å². The number of aromatic nitrogens is 4. The molecule has 0 aromatic carbocycles. The van der Waals surface area contributed by atoms with Crippen LogP contribution in [0.2, 0.25) is 0 Å². The Bertz CT molecular complexity index is 1970. The fourth-order valence-electron chi connectivity index (χ4n) is 6.07. The quantitative estimate of drug-likeness (QED) is 0.0308. The molecule has 0 spiro atoms. The molecule has 0 saturated carbocycles. The third-order valence-corrected chi connectivity index (χ3v) is 13.5. The number of fused-ring (bicyclic) bond motifs is 1. The Labute approximate surface area is 368 Å². The molecule has 3 heterocycles. The maximum Gasteiger partial charge on any atom is 0.481 e. The standard InChI is InChI=1S/C35H60N7O17P3S/c1-4-5-6-7-8-9-10-11-12-13-14-15-26(44)63-19-18-37-25(43)16-17-38-33(47)30(46)35(2,3)21-56-62(53,54)59-61(51,52)55-20-24-29(58-60(48,49)50)28(45)34(57-24)42-23-41-27-31(36)39-22-40-32(27)42/h5-6,22-24,28-30,34,45-46H,4,7-21H2,1-3H3,(H,37,43)(H,38,47)(H,51,52)(H,53,54)(H2,36,39,40)(H2,48,49,50). The van der Waals surface area contributed by atoms with E-state index in [0.29, 0.717) is 12.2 Å². The maximum atomic E-state index is 12.7. The minimum Gasteiger partial charge on any atom is -0.386 e. The van der Waals surface area contributed by atoms with Crippen molar-refractivity contribution in [2.24, 2.45) is 5.41 Å². The highest BCUT2D eigenvalue weighted by Gasteiger charge is 2.50. The second kappa shape index (κ2) is 25.9. The third-order valence-electron chi connectivity index (χ3n) is 9.42. The van der Waals surface area contributed by atoms with Crippen molar-refractivity contribution in [2.75, 3.05) is 37.8 Å². The van der Waals surface area contributed by atoms with Crippen molar-refractivity contribution in [3.05, 3.63) is 24.8 Å². The Balaban J connectivity index is 1.36. The number of thioether (sulfide) groups is 1. The lowest BCUT2D eigenvalue weighted by molar-refractivity contribution is -0.137. The zero-order valence-electron chi connectivity index (χ0n) is 35.3. The van der Waals surface area contributed by atoms with Gasteiger partial charge in [0.1, 0.15) is 36.3 Å². The van der Waals surface area contributed by atoms with Crippen molar-refractivity contribution in [1.29, 1.82) is 0 Å². The summed E-state index contributed by atoms with van der Waals surface area (Å²) < 4.78 is 62.3. The van der Waals surface area contributed by atoms with Crippen molar-refractivity contribution >= 4 is 69.1 Å². The summed E-state index contributed by atoms with van der Waals surface area (Å²) in [5.41, 5.74) is 4.28. The van der Waals surface area contributed by atoms with Crippen molar-refractivity contribution < 1.29 is 80.5 Å². The number of hydrogen-bond acceptors (Lipinski definition) is 18. The number of nitrogens with one attached hydrogen (secondary N) is 2. The summed E-state index contributed by atoms with van der Waals surface area (Å²) in [7, 11) is -16.4. The van der Waals surface area contributed by atoms with Crippen molar-refractivity contribution in [3.8, 4) is 0 Å². The van der Waals surface area contributed by atoms with Crippen molar-refractivity contribution in [1.82, 2.24) is 30.2 Å². The molecule has 7 atom stereocenters. The molecule has 1 fully saturated rings. The fraction of sp³-hybridized carbons (Fsp3) is 0.714. The zero-order valence-corrected chi connectivity index (χ0v) is 38.8. The molecule has 28 heteroatoms. The molecule has 24 nitrogen and oxygen atoms in total. The molecule has 2 aromatic heterocycles. The van der Waals surface area contributed by atoms with E-state index in [0.717, 1.165) is 67.5 Å². The Morgan fingerprint density at radius 1 is 0.952 bits per heavy atom. The highest BCUT2D eigenvalue weighted by Crippen LogP contribution is 2.61. The van der Waals surface area contributed by atoms with Gasteiger partial charge in [0.15, 0.2) is 22.8 Å². The highest BCUT2D eigenvalue weighted by atomic mass is 32.2. The van der Waals surface area contributed by atoms with Gasteiger partial charge in [0.05, 0.1) is 19.5 Å². The van der Waals surface area contributed by atoms with Gasteiger partial charge in [-0.05, 0) is 25.7 Å². The van der Waals surface area contributed by atoms with Gasteiger partial charge < -0.3 is 50.9 Å². The maximum absolute atomic E-state index is 12.7. The average molecular weight is 976 g/mol. The van der Waals surface area contributed by atoms with Gasteiger partial charge >= 0.3 is 23.5 Å². The number of ether oxygens (including phenoxy) is 1. The molecular weight excluding hydrogens is 915 g/mol. The summed E-state index contributed by atoms with van der Waals surface area (Å²) in [6.45, 7) is 2.69. The van der Waals surface area contributed by atoms with Gasteiger partial charge in [-0.15, -0.1) is 0 Å². The molecule has 1 aliphatic heterocycles. The summed E-state index contributed by atoms with van der Waals surface area (Å²) in [6, 6.07) is 0. The summed E-state index contributed by atoms with van der Waals surface area (Å²) in [6.07, 6.45) is 7.92. The number of phosphoric ester groups is 3. The molecule has 0 aliphatic carbocycles. The van der Waals surface area contributed by atoms with Crippen LogP contribution < -0.4 is 16.4 Å². The monoisotopic (exact) mass is 975 g/mol. The topological polar surface area (TPSA) is 364 Å². The van der Waals surface area contributed by atoms with Crippen LogP contribution in [0.5, 0.6) is 0 Å². The van der Waals surface area contributed by atoms with Crippen LogP contribution in [0.1, 0.15) is 97.6 Å². The number of aliphatic hydroxyl groups excluding tert-OH is 2. The van der Waals surface area contributed by atoms with E-state index in [1.165, 1.54) is 33.1 Å².